The molecule has 0 amide bonds. The molecule has 3 heteroatoms. The first-order valence-corrected chi connectivity index (χ1v) is 19.1. The number of hydrogen-bond acceptors (Lipinski definition) is 3. The van der Waals surface area contributed by atoms with E-state index in [0.717, 1.165) is 50.1 Å². The number of nitrogens with zero attached hydrogens (tertiary/aromatic N) is 3. The van der Waals surface area contributed by atoms with Crippen LogP contribution in [0.15, 0.2) is 188 Å². The molecule has 56 heavy (non-hydrogen) atoms. The Morgan fingerprint density at radius 2 is 0.804 bits per heavy atom. The summed E-state index contributed by atoms with van der Waals surface area (Å²) in [7, 11) is 0. The second-order valence-corrected chi connectivity index (χ2v) is 14.8. The first-order chi connectivity index (χ1) is 27.7. The van der Waals surface area contributed by atoms with Crippen LogP contribution in [-0.2, 0) is 0 Å². The first kappa shape index (κ1) is 30.9. The van der Waals surface area contributed by atoms with Gasteiger partial charge in [-0.15, -0.1) is 0 Å². The SMILES string of the molecule is c1ccc(-c2nc(-c3ccc(-c4cnc5ccccc5c4)cc3)cc(-c3cc4ccc5cccc6c7cccc8ccc9cccc(c(c3)c4c56)c9c87)n2)cc1. The monoisotopic (exact) mass is 709 g/mol. The highest BCUT2D eigenvalue weighted by Gasteiger charge is 2.18. The second-order valence-electron chi connectivity index (χ2n) is 14.8. The molecule has 0 unspecified atom stereocenters. The molecule has 2 aromatic heterocycles. The molecule has 0 atom stereocenters. The summed E-state index contributed by atoms with van der Waals surface area (Å²) in [4.78, 5) is 15.2. The lowest BCUT2D eigenvalue weighted by Gasteiger charge is -2.17. The third-order valence-corrected chi connectivity index (χ3v) is 11.6. The summed E-state index contributed by atoms with van der Waals surface area (Å²) < 4.78 is 0. The van der Waals surface area contributed by atoms with Crippen LogP contribution in [0, 0.1) is 0 Å². The Bertz CT molecular complexity index is 3510. The molecule has 2 heterocycles. The summed E-state index contributed by atoms with van der Waals surface area (Å²) in [6.07, 6.45) is 1.95. The van der Waals surface area contributed by atoms with Crippen molar-refractivity contribution >= 4 is 75.5 Å². The van der Waals surface area contributed by atoms with Crippen LogP contribution in [0.5, 0.6) is 0 Å². The van der Waals surface area contributed by atoms with Crippen molar-refractivity contribution in [2.75, 3.05) is 0 Å². The maximum Gasteiger partial charge on any atom is 0.160 e. The van der Waals surface area contributed by atoms with Gasteiger partial charge in [-0.2, -0.15) is 0 Å². The van der Waals surface area contributed by atoms with Crippen molar-refractivity contribution in [3.8, 4) is 45.0 Å². The molecule has 0 aliphatic heterocycles. The van der Waals surface area contributed by atoms with Gasteiger partial charge in [0.15, 0.2) is 5.82 Å². The van der Waals surface area contributed by atoms with Gasteiger partial charge >= 0.3 is 0 Å². The minimum Gasteiger partial charge on any atom is -0.256 e. The fourth-order valence-corrected chi connectivity index (χ4v) is 8.95. The lowest BCUT2D eigenvalue weighted by Crippen LogP contribution is -1.96. The van der Waals surface area contributed by atoms with E-state index in [1.54, 1.807) is 0 Å². The Hall–Kier alpha value is -7.49. The fourth-order valence-electron chi connectivity index (χ4n) is 8.95. The van der Waals surface area contributed by atoms with Crippen LogP contribution in [-0.4, -0.2) is 15.0 Å². The van der Waals surface area contributed by atoms with Gasteiger partial charge in [0.25, 0.3) is 0 Å². The number of benzene rings is 9. The lowest BCUT2D eigenvalue weighted by molar-refractivity contribution is 1.18. The van der Waals surface area contributed by atoms with Crippen LogP contribution in [0.2, 0.25) is 0 Å². The van der Waals surface area contributed by atoms with Crippen molar-refractivity contribution in [2.24, 2.45) is 0 Å². The molecular formula is C53H31N3. The molecule has 0 spiro atoms. The van der Waals surface area contributed by atoms with Gasteiger partial charge in [0.05, 0.1) is 16.9 Å². The summed E-state index contributed by atoms with van der Waals surface area (Å²) in [5, 5.41) is 16.2. The summed E-state index contributed by atoms with van der Waals surface area (Å²) in [6.45, 7) is 0. The van der Waals surface area contributed by atoms with E-state index in [4.69, 9.17) is 15.0 Å². The molecule has 0 saturated carbocycles. The summed E-state index contributed by atoms with van der Waals surface area (Å²) in [5.41, 5.74) is 8.03. The predicted molar refractivity (Wildman–Crippen MR) is 235 cm³/mol. The predicted octanol–water partition coefficient (Wildman–Crippen LogP) is 14.0. The highest BCUT2D eigenvalue weighted by molar-refractivity contribution is 6.37. The zero-order valence-electron chi connectivity index (χ0n) is 30.2. The third kappa shape index (κ3) is 4.74. The topological polar surface area (TPSA) is 38.7 Å². The average Bonchev–Trinajstić information content (AvgIpc) is 3.27. The zero-order chi connectivity index (χ0) is 36.7. The molecule has 12 aromatic rings. The van der Waals surface area contributed by atoms with Gasteiger partial charge in [-0.1, -0.05) is 152 Å². The van der Waals surface area contributed by atoms with Gasteiger partial charge in [0.2, 0.25) is 0 Å². The molecule has 3 nitrogen and oxygen atoms in total. The van der Waals surface area contributed by atoms with E-state index < -0.39 is 0 Å². The number of para-hydroxylation sites is 1. The molecule has 0 aliphatic carbocycles. The van der Waals surface area contributed by atoms with E-state index >= 15 is 0 Å². The standard InChI is InChI=1S/C53H31N3/c1-2-9-37(10-3-1)53-55-47(33-21-19-32(20-22-33)41-27-38-11-4-5-18-46(38)54-31-41)30-48(56-53)40-28-39-26-25-36-13-7-16-43-42-15-6-12-34-23-24-35-14-8-17-44(51(35)49(34)42)45(29-40)52(39)50(36)43/h1-31H. The smallest absolute Gasteiger partial charge is 0.160 e. The Balaban J connectivity index is 1.12. The Morgan fingerprint density at radius 3 is 1.48 bits per heavy atom. The molecule has 0 bridgehead atoms. The molecule has 10 aromatic carbocycles. The molecule has 258 valence electrons. The Morgan fingerprint density at radius 1 is 0.286 bits per heavy atom. The van der Waals surface area contributed by atoms with Gasteiger partial charge < -0.3 is 0 Å². The highest BCUT2D eigenvalue weighted by atomic mass is 14.9. The Labute approximate surface area is 322 Å². The van der Waals surface area contributed by atoms with Crippen molar-refractivity contribution in [2.45, 2.75) is 0 Å². The Kier molecular flexibility index (Phi) is 6.63. The third-order valence-electron chi connectivity index (χ3n) is 11.6. The van der Waals surface area contributed by atoms with E-state index in [0.29, 0.717) is 5.82 Å². The maximum atomic E-state index is 5.30. The molecule has 0 N–H and O–H groups in total. The maximum absolute atomic E-state index is 5.30. The minimum absolute atomic E-state index is 0.699. The zero-order valence-corrected chi connectivity index (χ0v) is 30.2. The number of fused-ring (bicyclic) bond motifs is 3. The fraction of sp³-hybridized carbons (Fsp3) is 0. The van der Waals surface area contributed by atoms with Crippen LogP contribution in [0.4, 0.5) is 0 Å². The first-order valence-electron chi connectivity index (χ1n) is 19.1. The van der Waals surface area contributed by atoms with E-state index in [2.05, 4.69) is 152 Å². The number of rotatable bonds is 4. The van der Waals surface area contributed by atoms with Crippen LogP contribution in [0.3, 0.4) is 0 Å². The largest absolute Gasteiger partial charge is 0.256 e. The van der Waals surface area contributed by atoms with Gasteiger partial charge in [-0.3, -0.25) is 4.98 Å². The summed E-state index contributed by atoms with van der Waals surface area (Å²) in [6, 6.07) is 65.6. The van der Waals surface area contributed by atoms with E-state index in [-0.39, 0.29) is 0 Å². The number of hydrogen-bond donors (Lipinski definition) is 0. The quantitative estimate of drug-likeness (QED) is 0.171. The van der Waals surface area contributed by atoms with Gasteiger partial charge in [-0.25, -0.2) is 9.97 Å². The summed E-state index contributed by atoms with van der Waals surface area (Å²) >= 11 is 0. The van der Waals surface area contributed by atoms with Crippen LogP contribution < -0.4 is 0 Å². The second kappa shape index (κ2) is 12.0. The van der Waals surface area contributed by atoms with Crippen molar-refractivity contribution in [3.05, 3.63) is 188 Å². The molecule has 0 radical (unpaired) electrons. The average molecular weight is 710 g/mol. The van der Waals surface area contributed by atoms with Gasteiger partial charge in [0, 0.05) is 33.8 Å². The van der Waals surface area contributed by atoms with Crippen LogP contribution in [0.1, 0.15) is 0 Å². The molecular weight excluding hydrogens is 679 g/mol. The number of pyridine rings is 1. The van der Waals surface area contributed by atoms with Gasteiger partial charge in [0.1, 0.15) is 0 Å². The van der Waals surface area contributed by atoms with E-state index in [1.807, 2.05) is 36.5 Å². The summed E-state index contributed by atoms with van der Waals surface area (Å²) in [5.74, 6) is 0.699. The van der Waals surface area contributed by atoms with Crippen molar-refractivity contribution in [1.29, 1.82) is 0 Å². The van der Waals surface area contributed by atoms with Crippen LogP contribution >= 0.6 is 0 Å². The molecule has 0 fully saturated rings. The van der Waals surface area contributed by atoms with E-state index in [1.165, 1.54) is 64.6 Å². The number of aromatic nitrogens is 3. The lowest BCUT2D eigenvalue weighted by atomic mass is 9.87. The molecule has 0 saturated heterocycles. The highest BCUT2D eigenvalue weighted by Crippen LogP contribution is 2.44. The van der Waals surface area contributed by atoms with Gasteiger partial charge in [-0.05, 0) is 101 Å². The minimum atomic E-state index is 0.699. The van der Waals surface area contributed by atoms with Crippen molar-refractivity contribution < 1.29 is 0 Å². The van der Waals surface area contributed by atoms with Crippen molar-refractivity contribution in [3.63, 3.8) is 0 Å². The van der Waals surface area contributed by atoms with E-state index in [9.17, 15) is 0 Å². The molecule has 0 aliphatic rings. The normalized spacial score (nSPS) is 11.9. The van der Waals surface area contributed by atoms with Crippen molar-refractivity contribution in [1.82, 2.24) is 15.0 Å². The molecule has 12 rings (SSSR count). The van der Waals surface area contributed by atoms with Crippen LogP contribution in [0.25, 0.3) is 121 Å².